The van der Waals surface area contributed by atoms with Gasteiger partial charge in [0.2, 0.25) is 0 Å². The largest absolute Gasteiger partial charge is 0.481 e. The molecule has 4 aliphatic rings. The van der Waals surface area contributed by atoms with E-state index >= 15 is 0 Å². The number of rotatable bonds is 7. The van der Waals surface area contributed by atoms with Gasteiger partial charge in [-0.05, 0) is 90.3 Å². The minimum absolute atomic E-state index is 0.114. The predicted octanol–water partition coefficient (Wildman–Crippen LogP) is 7.31. The fourth-order valence-corrected chi connectivity index (χ4v) is 10.1. The number of ketones is 1. The van der Waals surface area contributed by atoms with Crippen molar-refractivity contribution in [2.45, 2.75) is 112 Å². The Labute approximate surface area is 213 Å². The Kier molecular flexibility index (Phi) is 6.91. The summed E-state index contributed by atoms with van der Waals surface area (Å²) in [6.45, 7) is 16.4. The van der Waals surface area contributed by atoms with Gasteiger partial charge < -0.3 is 9.84 Å². The quantitative estimate of drug-likeness (QED) is 0.383. The SMILES string of the molecule is CO[C@@H]1CC[C@]2(C)[C@@H]3CC[C@]4(C)[C@@H]([C@H](C)CC(=O)CC(C)C(=O)O)CC[C@@]4(C)C3=CC[C@H]2C1(C)C. The third-order valence-electron chi connectivity index (χ3n) is 12.3. The van der Waals surface area contributed by atoms with Crippen LogP contribution in [0.2, 0.25) is 0 Å². The number of hydrogen-bond donors (Lipinski definition) is 1. The molecule has 0 bridgehead atoms. The molecule has 4 heteroatoms. The van der Waals surface area contributed by atoms with Crippen molar-refractivity contribution in [1.82, 2.24) is 0 Å². The standard InChI is InChI=1S/C31H50O4/c1-19(17-21(32)18-20(2)27(33)34)22-11-15-31(7)24-9-10-25-28(3,4)26(35-8)13-14-29(25,5)23(24)12-16-30(22,31)6/h9,19-20,22-23,25-26H,10-18H2,1-8H3,(H,33,34)/t19-,20?,22-,23-,25+,26-,29-,30-,31+/m1/s1. The number of hydrogen-bond acceptors (Lipinski definition) is 3. The van der Waals surface area contributed by atoms with E-state index in [0.717, 1.165) is 12.8 Å². The van der Waals surface area contributed by atoms with Crippen molar-refractivity contribution in [2.75, 3.05) is 7.11 Å². The van der Waals surface area contributed by atoms with Crippen LogP contribution in [0.4, 0.5) is 0 Å². The molecule has 0 amide bonds. The van der Waals surface area contributed by atoms with Crippen LogP contribution >= 0.6 is 0 Å². The molecule has 35 heavy (non-hydrogen) atoms. The van der Waals surface area contributed by atoms with Gasteiger partial charge in [-0.3, -0.25) is 9.59 Å². The Bertz CT molecular complexity index is 888. The molecule has 0 aromatic carbocycles. The van der Waals surface area contributed by atoms with E-state index in [0.29, 0.717) is 41.6 Å². The smallest absolute Gasteiger partial charge is 0.306 e. The molecule has 0 aromatic rings. The van der Waals surface area contributed by atoms with Crippen LogP contribution in [0.3, 0.4) is 0 Å². The molecular formula is C31H50O4. The second-order valence-corrected chi connectivity index (χ2v) is 14.2. The Morgan fingerprint density at radius 1 is 1.03 bits per heavy atom. The van der Waals surface area contributed by atoms with E-state index < -0.39 is 11.9 Å². The van der Waals surface area contributed by atoms with Gasteiger partial charge >= 0.3 is 5.97 Å². The monoisotopic (exact) mass is 486 g/mol. The topological polar surface area (TPSA) is 63.6 Å². The number of allylic oxidation sites excluding steroid dienone is 2. The zero-order valence-electron chi connectivity index (χ0n) is 23.6. The summed E-state index contributed by atoms with van der Waals surface area (Å²) in [6.07, 6.45) is 12.1. The van der Waals surface area contributed by atoms with Crippen molar-refractivity contribution in [2.24, 2.45) is 51.2 Å². The maximum Gasteiger partial charge on any atom is 0.306 e. The Morgan fingerprint density at radius 2 is 1.71 bits per heavy atom. The maximum atomic E-state index is 12.7. The first-order chi connectivity index (χ1) is 16.2. The first kappa shape index (κ1) is 26.9. The number of aliphatic carboxylic acids is 1. The van der Waals surface area contributed by atoms with E-state index in [-0.39, 0.29) is 28.4 Å². The highest BCUT2D eigenvalue weighted by molar-refractivity contribution is 5.83. The van der Waals surface area contributed by atoms with Crippen LogP contribution in [-0.2, 0) is 14.3 Å². The van der Waals surface area contributed by atoms with Crippen LogP contribution in [0.15, 0.2) is 11.6 Å². The highest BCUT2D eigenvalue weighted by Crippen LogP contribution is 2.73. The molecule has 0 saturated heterocycles. The van der Waals surface area contributed by atoms with Crippen LogP contribution in [-0.4, -0.2) is 30.1 Å². The van der Waals surface area contributed by atoms with Crippen molar-refractivity contribution < 1.29 is 19.4 Å². The van der Waals surface area contributed by atoms with Gasteiger partial charge in [0.05, 0.1) is 12.0 Å². The third kappa shape index (κ3) is 3.96. The normalized spacial score (nSPS) is 43.8. The van der Waals surface area contributed by atoms with Crippen molar-refractivity contribution in [3.8, 4) is 0 Å². The van der Waals surface area contributed by atoms with Crippen molar-refractivity contribution in [3.05, 3.63) is 11.6 Å². The number of Topliss-reactive ketones (excluding diaryl/α,β-unsaturated/α-hetero) is 1. The molecule has 4 rings (SSSR count). The van der Waals surface area contributed by atoms with Gasteiger partial charge in [0.15, 0.2) is 0 Å². The second-order valence-electron chi connectivity index (χ2n) is 14.2. The lowest BCUT2D eigenvalue weighted by atomic mass is 9.41. The van der Waals surface area contributed by atoms with E-state index in [1.54, 1.807) is 12.5 Å². The summed E-state index contributed by atoms with van der Waals surface area (Å²) in [4.78, 5) is 24.0. The number of carboxylic acid groups (broad SMARTS) is 1. The lowest BCUT2D eigenvalue weighted by Gasteiger charge is -2.64. The average Bonchev–Trinajstić information content (AvgIpc) is 3.04. The van der Waals surface area contributed by atoms with Gasteiger partial charge in [-0.15, -0.1) is 0 Å². The molecular weight excluding hydrogens is 436 g/mol. The van der Waals surface area contributed by atoms with Crippen LogP contribution in [0, 0.1) is 51.2 Å². The third-order valence-corrected chi connectivity index (χ3v) is 12.3. The molecule has 4 aliphatic carbocycles. The first-order valence-corrected chi connectivity index (χ1v) is 14.2. The number of carbonyl (C=O) groups excluding carboxylic acids is 1. The Balaban J connectivity index is 1.57. The van der Waals surface area contributed by atoms with E-state index in [1.807, 2.05) is 7.11 Å². The Hall–Kier alpha value is -1.16. The summed E-state index contributed by atoms with van der Waals surface area (Å²) < 4.78 is 5.97. The van der Waals surface area contributed by atoms with E-state index in [9.17, 15) is 14.7 Å². The van der Waals surface area contributed by atoms with Crippen LogP contribution in [0.1, 0.15) is 106 Å². The molecule has 0 radical (unpaired) electrons. The molecule has 9 atom stereocenters. The predicted molar refractivity (Wildman–Crippen MR) is 140 cm³/mol. The molecule has 0 spiro atoms. The molecule has 3 saturated carbocycles. The first-order valence-electron chi connectivity index (χ1n) is 14.2. The van der Waals surface area contributed by atoms with Crippen molar-refractivity contribution >= 4 is 11.8 Å². The van der Waals surface area contributed by atoms with Crippen LogP contribution < -0.4 is 0 Å². The van der Waals surface area contributed by atoms with E-state index in [1.165, 1.54) is 32.1 Å². The van der Waals surface area contributed by atoms with E-state index in [4.69, 9.17) is 4.74 Å². The number of carbonyl (C=O) groups is 2. The molecule has 0 aromatic heterocycles. The minimum Gasteiger partial charge on any atom is -0.481 e. The summed E-state index contributed by atoms with van der Waals surface area (Å²) in [5.41, 5.74) is 2.65. The van der Waals surface area contributed by atoms with Crippen LogP contribution in [0.5, 0.6) is 0 Å². The molecule has 198 valence electrons. The van der Waals surface area contributed by atoms with Gasteiger partial charge in [0, 0.05) is 20.0 Å². The van der Waals surface area contributed by atoms with Crippen molar-refractivity contribution in [3.63, 3.8) is 0 Å². The van der Waals surface area contributed by atoms with Crippen LogP contribution in [0.25, 0.3) is 0 Å². The summed E-state index contributed by atoms with van der Waals surface area (Å²) in [6, 6.07) is 0. The lowest BCUT2D eigenvalue weighted by molar-refractivity contribution is -0.144. The molecule has 1 N–H and O–H groups in total. The number of carboxylic acids is 1. The van der Waals surface area contributed by atoms with Gasteiger partial charge in [-0.2, -0.15) is 0 Å². The van der Waals surface area contributed by atoms with Gasteiger partial charge in [0.25, 0.3) is 0 Å². The summed E-state index contributed by atoms with van der Waals surface area (Å²) in [5.74, 6) is 0.781. The van der Waals surface area contributed by atoms with Gasteiger partial charge in [0.1, 0.15) is 5.78 Å². The molecule has 0 heterocycles. The zero-order valence-corrected chi connectivity index (χ0v) is 23.6. The molecule has 3 fully saturated rings. The summed E-state index contributed by atoms with van der Waals surface area (Å²) in [7, 11) is 1.89. The van der Waals surface area contributed by atoms with Gasteiger partial charge in [-0.25, -0.2) is 0 Å². The van der Waals surface area contributed by atoms with Crippen molar-refractivity contribution in [1.29, 1.82) is 0 Å². The summed E-state index contributed by atoms with van der Waals surface area (Å²) >= 11 is 0. The highest BCUT2D eigenvalue weighted by Gasteiger charge is 2.65. The Morgan fingerprint density at radius 3 is 2.34 bits per heavy atom. The maximum absolute atomic E-state index is 12.7. The molecule has 0 aliphatic heterocycles. The average molecular weight is 487 g/mol. The minimum atomic E-state index is -0.872. The number of ether oxygens (including phenoxy) is 1. The fraction of sp³-hybridized carbons (Fsp3) is 0.871. The fourth-order valence-electron chi connectivity index (χ4n) is 10.1. The number of methoxy groups -OCH3 is 1. The van der Waals surface area contributed by atoms with Gasteiger partial charge in [-0.1, -0.05) is 60.1 Å². The van der Waals surface area contributed by atoms with E-state index in [2.05, 4.69) is 47.6 Å². The number of fused-ring (bicyclic) bond motifs is 5. The zero-order chi connectivity index (χ0) is 26.0. The highest BCUT2D eigenvalue weighted by atomic mass is 16.5. The molecule has 1 unspecified atom stereocenters. The molecule has 4 nitrogen and oxygen atoms in total. The lowest BCUT2D eigenvalue weighted by Crippen LogP contribution is -2.58. The second kappa shape index (κ2) is 8.99. The summed E-state index contributed by atoms with van der Waals surface area (Å²) in [5, 5.41) is 9.21.